The Bertz CT molecular complexity index is 1710. The lowest BCUT2D eigenvalue weighted by Gasteiger charge is -2.08. The standard InChI is InChI=1S/C32H25Cl2N3O3/c1-40-30-16-24(11-14-28(30)35)22-7-2-20(3-8-22)6-15-31-36-29(26-13-12-25(33)17-27(26)34)19-37(31)18-21-4-9-23(10-5-21)32(38)39/h2-17,19H,18,35H2,1H3,(H,38,39). The molecule has 0 fully saturated rings. The minimum atomic E-state index is -0.959. The summed E-state index contributed by atoms with van der Waals surface area (Å²) in [6.07, 6.45) is 5.87. The first-order valence-corrected chi connectivity index (χ1v) is 13.1. The van der Waals surface area contributed by atoms with E-state index in [9.17, 15) is 9.90 Å². The van der Waals surface area contributed by atoms with Crippen LogP contribution in [0.3, 0.4) is 0 Å². The molecule has 0 spiro atoms. The second-order valence-electron chi connectivity index (χ2n) is 9.15. The molecule has 6 nitrogen and oxygen atoms in total. The quantitative estimate of drug-likeness (QED) is 0.184. The van der Waals surface area contributed by atoms with E-state index in [1.54, 1.807) is 43.5 Å². The normalized spacial score (nSPS) is 11.2. The number of hydrogen-bond donors (Lipinski definition) is 2. The number of carboxylic acid groups (broad SMARTS) is 1. The molecule has 1 heterocycles. The highest BCUT2D eigenvalue weighted by Gasteiger charge is 2.12. The van der Waals surface area contributed by atoms with E-state index >= 15 is 0 Å². The minimum absolute atomic E-state index is 0.240. The molecule has 3 N–H and O–H groups in total. The molecule has 5 rings (SSSR count). The molecule has 40 heavy (non-hydrogen) atoms. The zero-order chi connectivity index (χ0) is 28.2. The van der Waals surface area contributed by atoms with Crippen LogP contribution in [-0.4, -0.2) is 27.7 Å². The molecule has 1 aromatic heterocycles. The second kappa shape index (κ2) is 11.7. The van der Waals surface area contributed by atoms with Crippen molar-refractivity contribution in [3.8, 4) is 28.1 Å². The first-order chi connectivity index (χ1) is 19.3. The van der Waals surface area contributed by atoms with Crippen molar-refractivity contribution in [2.24, 2.45) is 0 Å². The van der Waals surface area contributed by atoms with Gasteiger partial charge in [0.05, 0.1) is 29.1 Å². The highest BCUT2D eigenvalue weighted by atomic mass is 35.5. The topological polar surface area (TPSA) is 90.4 Å². The van der Waals surface area contributed by atoms with Crippen LogP contribution in [0.25, 0.3) is 34.5 Å². The number of hydrogen-bond acceptors (Lipinski definition) is 4. The summed E-state index contributed by atoms with van der Waals surface area (Å²) < 4.78 is 7.35. The average Bonchev–Trinajstić information content (AvgIpc) is 3.34. The lowest BCUT2D eigenvalue weighted by molar-refractivity contribution is 0.0697. The maximum Gasteiger partial charge on any atom is 0.335 e. The number of anilines is 1. The Hall–Kier alpha value is -4.52. The molecule has 0 saturated heterocycles. The van der Waals surface area contributed by atoms with Crippen molar-refractivity contribution in [2.75, 3.05) is 12.8 Å². The van der Waals surface area contributed by atoms with E-state index in [1.807, 2.05) is 71.4 Å². The van der Waals surface area contributed by atoms with Gasteiger partial charge in [-0.15, -0.1) is 0 Å². The monoisotopic (exact) mass is 569 g/mol. The van der Waals surface area contributed by atoms with E-state index < -0.39 is 5.97 Å². The summed E-state index contributed by atoms with van der Waals surface area (Å²) in [5.74, 6) is 0.400. The van der Waals surface area contributed by atoms with Gasteiger partial charge in [0.2, 0.25) is 0 Å². The van der Waals surface area contributed by atoms with Crippen molar-refractivity contribution < 1.29 is 14.6 Å². The van der Waals surface area contributed by atoms with Gasteiger partial charge in [-0.05, 0) is 70.8 Å². The van der Waals surface area contributed by atoms with Gasteiger partial charge in [0, 0.05) is 23.3 Å². The van der Waals surface area contributed by atoms with E-state index in [4.69, 9.17) is 38.7 Å². The number of aromatic carboxylic acids is 1. The summed E-state index contributed by atoms with van der Waals surface area (Å²) in [5, 5.41) is 10.3. The predicted octanol–water partition coefficient (Wildman–Crippen LogP) is 8.03. The Labute approximate surface area is 241 Å². The van der Waals surface area contributed by atoms with Crippen molar-refractivity contribution in [3.63, 3.8) is 0 Å². The molecule has 0 atom stereocenters. The molecule has 0 saturated carbocycles. The second-order valence-corrected chi connectivity index (χ2v) is 9.99. The molecule has 4 aromatic carbocycles. The van der Waals surface area contributed by atoms with Crippen molar-refractivity contribution in [2.45, 2.75) is 6.54 Å². The third-order valence-corrected chi connectivity index (χ3v) is 7.02. The first kappa shape index (κ1) is 27.1. The number of aromatic nitrogens is 2. The van der Waals surface area contributed by atoms with Gasteiger partial charge in [0.15, 0.2) is 0 Å². The summed E-state index contributed by atoms with van der Waals surface area (Å²) in [4.78, 5) is 16.1. The number of nitrogens with zero attached hydrogens (tertiary/aromatic N) is 2. The lowest BCUT2D eigenvalue weighted by atomic mass is 10.0. The van der Waals surface area contributed by atoms with Crippen LogP contribution in [0.15, 0.2) is 91.1 Å². The number of carbonyl (C=O) groups is 1. The first-order valence-electron chi connectivity index (χ1n) is 12.4. The van der Waals surface area contributed by atoms with Crippen LogP contribution in [0.4, 0.5) is 5.69 Å². The highest BCUT2D eigenvalue weighted by Crippen LogP contribution is 2.31. The Balaban J connectivity index is 1.45. The molecule has 0 amide bonds. The van der Waals surface area contributed by atoms with Gasteiger partial charge in [0.25, 0.3) is 0 Å². The lowest BCUT2D eigenvalue weighted by Crippen LogP contribution is -2.02. The van der Waals surface area contributed by atoms with Gasteiger partial charge in [-0.2, -0.15) is 0 Å². The van der Waals surface area contributed by atoms with Crippen molar-refractivity contribution in [1.82, 2.24) is 9.55 Å². The highest BCUT2D eigenvalue weighted by molar-refractivity contribution is 6.36. The fraction of sp³-hybridized carbons (Fsp3) is 0.0625. The fourth-order valence-corrected chi connectivity index (χ4v) is 4.82. The van der Waals surface area contributed by atoms with E-state index in [0.717, 1.165) is 33.6 Å². The van der Waals surface area contributed by atoms with Gasteiger partial charge < -0.3 is 20.1 Å². The van der Waals surface area contributed by atoms with Crippen LogP contribution in [-0.2, 0) is 6.54 Å². The third-order valence-electron chi connectivity index (χ3n) is 6.47. The van der Waals surface area contributed by atoms with E-state index in [0.29, 0.717) is 33.7 Å². The summed E-state index contributed by atoms with van der Waals surface area (Å²) >= 11 is 12.6. The number of nitrogen functional groups attached to an aromatic ring is 1. The summed E-state index contributed by atoms with van der Waals surface area (Å²) in [7, 11) is 1.60. The van der Waals surface area contributed by atoms with Crippen LogP contribution in [0, 0.1) is 0 Å². The Morgan fingerprint density at radius 2 is 1.68 bits per heavy atom. The van der Waals surface area contributed by atoms with Gasteiger partial charge in [-0.1, -0.05) is 71.7 Å². The van der Waals surface area contributed by atoms with Crippen LogP contribution in [0.1, 0.15) is 27.3 Å². The van der Waals surface area contributed by atoms with Crippen molar-refractivity contribution in [3.05, 3.63) is 124 Å². The van der Waals surface area contributed by atoms with Crippen molar-refractivity contribution >= 4 is 47.0 Å². The number of imidazole rings is 1. The van der Waals surface area contributed by atoms with Gasteiger partial charge in [-0.25, -0.2) is 9.78 Å². The summed E-state index contributed by atoms with van der Waals surface area (Å²) in [6, 6.07) is 26.0. The Morgan fingerprint density at radius 1 is 0.950 bits per heavy atom. The molecular weight excluding hydrogens is 545 g/mol. The predicted molar refractivity (Wildman–Crippen MR) is 162 cm³/mol. The van der Waals surface area contributed by atoms with Gasteiger partial charge in [0.1, 0.15) is 11.6 Å². The minimum Gasteiger partial charge on any atom is -0.495 e. The smallest absolute Gasteiger partial charge is 0.335 e. The summed E-state index contributed by atoms with van der Waals surface area (Å²) in [5.41, 5.74) is 12.2. The zero-order valence-corrected chi connectivity index (χ0v) is 23.0. The molecule has 0 aliphatic carbocycles. The van der Waals surface area contributed by atoms with E-state index in [2.05, 4.69) is 0 Å². The molecule has 8 heteroatoms. The fourth-order valence-electron chi connectivity index (χ4n) is 4.31. The molecule has 200 valence electrons. The number of nitrogens with two attached hydrogens (primary N) is 1. The third kappa shape index (κ3) is 6.04. The number of halogens is 2. The van der Waals surface area contributed by atoms with E-state index in [1.165, 1.54) is 0 Å². The van der Waals surface area contributed by atoms with E-state index in [-0.39, 0.29) is 5.56 Å². The van der Waals surface area contributed by atoms with Crippen LogP contribution < -0.4 is 10.5 Å². The van der Waals surface area contributed by atoms with Crippen LogP contribution >= 0.6 is 23.2 Å². The number of rotatable bonds is 8. The Kier molecular flexibility index (Phi) is 7.91. The molecule has 0 radical (unpaired) electrons. The van der Waals surface area contributed by atoms with Crippen LogP contribution in [0.2, 0.25) is 10.0 Å². The largest absolute Gasteiger partial charge is 0.495 e. The molecule has 0 unspecified atom stereocenters. The zero-order valence-electron chi connectivity index (χ0n) is 21.5. The molecular formula is C32H25Cl2N3O3. The number of benzene rings is 4. The SMILES string of the molecule is COc1cc(-c2ccc(C=Cc3nc(-c4ccc(Cl)cc4Cl)cn3Cc3ccc(C(=O)O)cc3)cc2)ccc1N. The van der Waals surface area contributed by atoms with Gasteiger partial charge >= 0.3 is 5.97 Å². The van der Waals surface area contributed by atoms with Gasteiger partial charge in [-0.3, -0.25) is 0 Å². The number of ether oxygens (including phenoxy) is 1. The maximum atomic E-state index is 11.2. The maximum absolute atomic E-state index is 11.2. The van der Waals surface area contributed by atoms with Crippen molar-refractivity contribution in [1.29, 1.82) is 0 Å². The Morgan fingerprint density at radius 3 is 2.35 bits per heavy atom. The van der Waals surface area contributed by atoms with Crippen LogP contribution in [0.5, 0.6) is 5.75 Å². The summed E-state index contributed by atoms with van der Waals surface area (Å²) in [6.45, 7) is 0.496. The molecule has 0 bridgehead atoms. The number of methoxy groups -OCH3 is 1. The average molecular weight is 570 g/mol. The molecule has 0 aliphatic rings. The number of carboxylic acids is 1. The molecule has 0 aliphatic heterocycles. The molecule has 5 aromatic rings.